The SMILES string of the molecule is O=C1[C@H](OCc2ccc(Cl)c(Cl)c2)C[C@@H]2[C@H]1[C@@]2(F)C(=O)O. The second kappa shape index (κ2) is 4.93. The van der Waals surface area contributed by atoms with Crippen molar-refractivity contribution in [2.24, 2.45) is 11.8 Å². The van der Waals surface area contributed by atoms with Crippen molar-refractivity contribution in [1.29, 1.82) is 0 Å². The van der Waals surface area contributed by atoms with Crippen molar-refractivity contribution in [3.05, 3.63) is 33.8 Å². The summed E-state index contributed by atoms with van der Waals surface area (Å²) < 4.78 is 19.4. The Balaban J connectivity index is 1.61. The third kappa shape index (κ3) is 2.24. The summed E-state index contributed by atoms with van der Waals surface area (Å²) in [6.45, 7) is 0.138. The van der Waals surface area contributed by atoms with Gasteiger partial charge in [-0.1, -0.05) is 29.3 Å². The van der Waals surface area contributed by atoms with Crippen LogP contribution in [0.15, 0.2) is 18.2 Å². The number of Topliss-reactive ketones (excluding diaryl/α,β-unsaturated/α-hetero) is 1. The molecule has 1 aromatic rings. The monoisotopic (exact) mass is 332 g/mol. The van der Waals surface area contributed by atoms with E-state index in [0.29, 0.717) is 10.0 Å². The fraction of sp³-hybridized carbons (Fsp3) is 0.429. The lowest BCUT2D eigenvalue weighted by molar-refractivity contribution is -0.150. The summed E-state index contributed by atoms with van der Waals surface area (Å²) in [7, 11) is 0. The number of carboxylic acids is 1. The Labute approximate surface area is 129 Å². The first kappa shape index (κ1) is 14.8. The van der Waals surface area contributed by atoms with Gasteiger partial charge in [-0.15, -0.1) is 0 Å². The molecule has 0 bridgehead atoms. The minimum Gasteiger partial charge on any atom is -0.479 e. The first-order chi connectivity index (χ1) is 9.85. The molecule has 0 amide bonds. The second-order valence-corrected chi connectivity index (χ2v) is 6.16. The van der Waals surface area contributed by atoms with Crippen LogP contribution in [-0.4, -0.2) is 28.6 Å². The van der Waals surface area contributed by atoms with Gasteiger partial charge in [0, 0.05) is 5.92 Å². The van der Waals surface area contributed by atoms with E-state index in [1.807, 2.05) is 0 Å². The van der Waals surface area contributed by atoms with Gasteiger partial charge in [0.25, 0.3) is 0 Å². The van der Waals surface area contributed by atoms with Crippen LogP contribution in [0.2, 0.25) is 10.0 Å². The number of carboxylic acid groups (broad SMARTS) is 1. The van der Waals surface area contributed by atoms with Crippen molar-refractivity contribution in [2.75, 3.05) is 0 Å². The second-order valence-electron chi connectivity index (χ2n) is 5.34. The summed E-state index contributed by atoms with van der Waals surface area (Å²) in [5.74, 6) is -3.85. The number of hydrogen-bond acceptors (Lipinski definition) is 3. The third-order valence-electron chi connectivity index (χ3n) is 4.14. The summed E-state index contributed by atoms with van der Waals surface area (Å²) in [5, 5.41) is 9.59. The minimum atomic E-state index is -2.39. The normalized spacial score (nSPS) is 33.9. The van der Waals surface area contributed by atoms with Gasteiger partial charge in [-0.3, -0.25) is 4.79 Å². The molecule has 2 aliphatic rings. The maximum Gasteiger partial charge on any atom is 0.342 e. The Morgan fingerprint density at radius 3 is 2.67 bits per heavy atom. The van der Waals surface area contributed by atoms with E-state index in [9.17, 15) is 14.0 Å². The number of aliphatic carboxylic acids is 1. The van der Waals surface area contributed by atoms with Crippen molar-refractivity contribution < 1.29 is 23.8 Å². The number of fused-ring (bicyclic) bond motifs is 1. The molecule has 0 aliphatic heterocycles. The Hall–Kier alpha value is -1.17. The van der Waals surface area contributed by atoms with Crippen LogP contribution in [0.5, 0.6) is 0 Å². The lowest BCUT2D eigenvalue weighted by atomic mass is 10.1. The molecule has 2 fully saturated rings. The van der Waals surface area contributed by atoms with Crippen LogP contribution in [0.3, 0.4) is 0 Å². The van der Waals surface area contributed by atoms with Gasteiger partial charge >= 0.3 is 5.97 Å². The number of rotatable bonds is 4. The van der Waals surface area contributed by atoms with Crippen molar-refractivity contribution >= 4 is 35.0 Å². The molecular weight excluding hydrogens is 322 g/mol. The van der Waals surface area contributed by atoms with E-state index in [4.69, 9.17) is 33.0 Å². The first-order valence-corrected chi connectivity index (χ1v) is 7.13. The van der Waals surface area contributed by atoms with Crippen LogP contribution < -0.4 is 0 Å². The number of hydrogen-bond donors (Lipinski definition) is 1. The molecule has 112 valence electrons. The fourth-order valence-electron chi connectivity index (χ4n) is 2.95. The highest BCUT2D eigenvalue weighted by Crippen LogP contribution is 2.62. The number of carbonyl (C=O) groups is 2. The molecule has 0 heterocycles. The Bertz CT molecular complexity index is 635. The average molecular weight is 333 g/mol. The highest BCUT2D eigenvalue weighted by atomic mass is 35.5. The molecule has 0 aromatic heterocycles. The summed E-state index contributed by atoms with van der Waals surface area (Å²) >= 11 is 11.7. The highest BCUT2D eigenvalue weighted by Gasteiger charge is 2.79. The smallest absolute Gasteiger partial charge is 0.342 e. The van der Waals surface area contributed by atoms with E-state index in [1.165, 1.54) is 0 Å². The summed E-state index contributed by atoms with van der Waals surface area (Å²) in [4.78, 5) is 22.7. The fourth-order valence-corrected chi connectivity index (χ4v) is 3.27. The number of ketones is 1. The molecule has 4 atom stereocenters. The van der Waals surface area contributed by atoms with E-state index in [2.05, 4.69) is 0 Å². The van der Waals surface area contributed by atoms with E-state index in [0.717, 1.165) is 5.56 Å². The van der Waals surface area contributed by atoms with Crippen LogP contribution in [-0.2, 0) is 20.9 Å². The molecule has 0 radical (unpaired) electrons. The number of benzene rings is 1. The van der Waals surface area contributed by atoms with Crippen molar-refractivity contribution in [2.45, 2.75) is 24.8 Å². The summed E-state index contributed by atoms with van der Waals surface area (Å²) in [6.07, 6.45) is -0.647. The Morgan fingerprint density at radius 2 is 2.14 bits per heavy atom. The quantitative estimate of drug-likeness (QED) is 0.920. The molecule has 2 aliphatic carbocycles. The number of halogens is 3. The molecule has 0 unspecified atom stereocenters. The Morgan fingerprint density at radius 1 is 1.43 bits per heavy atom. The largest absolute Gasteiger partial charge is 0.479 e. The molecule has 2 saturated carbocycles. The zero-order chi connectivity index (χ0) is 15.4. The van der Waals surface area contributed by atoms with Crippen molar-refractivity contribution in [1.82, 2.24) is 0 Å². The maximum atomic E-state index is 13.9. The summed E-state index contributed by atoms with van der Waals surface area (Å²) in [5.41, 5.74) is -1.65. The first-order valence-electron chi connectivity index (χ1n) is 6.37. The van der Waals surface area contributed by atoms with Gasteiger partial charge in [-0.05, 0) is 24.1 Å². The third-order valence-corrected chi connectivity index (χ3v) is 4.88. The van der Waals surface area contributed by atoms with E-state index >= 15 is 0 Å². The van der Waals surface area contributed by atoms with Gasteiger partial charge in [0.1, 0.15) is 6.10 Å². The topological polar surface area (TPSA) is 63.6 Å². The van der Waals surface area contributed by atoms with Crippen molar-refractivity contribution in [3.8, 4) is 0 Å². The summed E-state index contributed by atoms with van der Waals surface area (Å²) in [6, 6.07) is 4.96. The van der Waals surface area contributed by atoms with Gasteiger partial charge in [0.2, 0.25) is 5.67 Å². The molecule has 0 saturated heterocycles. The van der Waals surface area contributed by atoms with Crippen LogP contribution in [0.1, 0.15) is 12.0 Å². The number of ether oxygens (including phenoxy) is 1. The zero-order valence-electron chi connectivity index (χ0n) is 10.7. The molecule has 1 N–H and O–H groups in total. The maximum absolute atomic E-state index is 13.9. The zero-order valence-corrected chi connectivity index (χ0v) is 12.2. The lowest BCUT2D eigenvalue weighted by Crippen LogP contribution is -2.32. The molecule has 1 aromatic carbocycles. The highest BCUT2D eigenvalue weighted by molar-refractivity contribution is 6.42. The van der Waals surface area contributed by atoms with Gasteiger partial charge < -0.3 is 9.84 Å². The number of carbonyl (C=O) groups excluding carboxylic acids is 1. The van der Waals surface area contributed by atoms with Gasteiger partial charge in [-0.25, -0.2) is 9.18 Å². The van der Waals surface area contributed by atoms with Crippen LogP contribution in [0.4, 0.5) is 4.39 Å². The average Bonchev–Trinajstić information content (AvgIpc) is 2.87. The van der Waals surface area contributed by atoms with Crippen LogP contribution in [0.25, 0.3) is 0 Å². The van der Waals surface area contributed by atoms with Crippen LogP contribution in [0, 0.1) is 11.8 Å². The standard InChI is InChI=1S/C14H11Cl2FO4/c15-8-2-1-6(3-9(8)16)5-21-10-4-7-11(12(10)18)14(7,17)13(19)20/h1-3,7,10-11H,4-5H2,(H,19,20)/t7-,10-,11-,14-/m1/s1. The number of alkyl halides is 1. The predicted molar refractivity (Wildman–Crippen MR) is 73.1 cm³/mol. The molecule has 21 heavy (non-hydrogen) atoms. The Kier molecular flexibility index (Phi) is 3.47. The minimum absolute atomic E-state index is 0.105. The lowest BCUT2D eigenvalue weighted by Gasteiger charge is -2.15. The van der Waals surface area contributed by atoms with Crippen LogP contribution >= 0.6 is 23.2 Å². The van der Waals surface area contributed by atoms with Crippen molar-refractivity contribution in [3.63, 3.8) is 0 Å². The van der Waals surface area contributed by atoms with Gasteiger partial charge in [-0.2, -0.15) is 0 Å². The predicted octanol–water partition coefficient (Wildman–Crippen LogP) is 2.89. The molecule has 7 heteroatoms. The van der Waals surface area contributed by atoms with E-state index in [1.54, 1.807) is 18.2 Å². The van der Waals surface area contributed by atoms with Gasteiger partial charge in [0.05, 0.1) is 22.6 Å². The van der Waals surface area contributed by atoms with Gasteiger partial charge in [0.15, 0.2) is 5.78 Å². The molecule has 3 rings (SSSR count). The molecule has 4 nitrogen and oxygen atoms in total. The van der Waals surface area contributed by atoms with E-state index < -0.39 is 35.4 Å². The molecular formula is C14H11Cl2FO4. The van der Waals surface area contributed by atoms with E-state index in [-0.39, 0.29) is 13.0 Å². The molecule has 0 spiro atoms.